The molecule has 0 fully saturated rings. The van der Waals surface area contributed by atoms with Crippen molar-refractivity contribution in [3.63, 3.8) is 0 Å². The normalized spacial score (nSPS) is 10.1. The molecule has 0 heterocycles. The third kappa shape index (κ3) is 5.27. The maximum atomic E-state index is 11.9. The predicted octanol–water partition coefficient (Wildman–Crippen LogP) is 0.460. The topological polar surface area (TPSA) is 93.5 Å². The summed E-state index contributed by atoms with van der Waals surface area (Å²) in [5.74, 6) is -0.342. The lowest BCUT2D eigenvalue weighted by atomic mass is 10.1. The van der Waals surface area contributed by atoms with Crippen molar-refractivity contribution in [2.24, 2.45) is 0 Å². The maximum absolute atomic E-state index is 11.9. The number of benzene rings is 1. The lowest BCUT2D eigenvalue weighted by Crippen LogP contribution is -2.32. The van der Waals surface area contributed by atoms with Gasteiger partial charge in [-0.15, -0.1) is 0 Å². The second-order valence-corrected chi connectivity index (χ2v) is 4.42. The number of nitrogens with one attached hydrogen (secondary N) is 2. The van der Waals surface area contributed by atoms with E-state index in [1.807, 2.05) is 6.92 Å². The number of hydrogen-bond donors (Lipinski definition) is 3. The van der Waals surface area contributed by atoms with Gasteiger partial charge in [-0.25, -0.2) is 0 Å². The van der Waals surface area contributed by atoms with Crippen molar-refractivity contribution >= 4 is 17.5 Å². The number of aryl methyl sites for hydroxylation is 1. The van der Waals surface area contributed by atoms with Crippen LogP contribution in [-0.4, -0.2) is 38.6 Å². The minimum absolute atomic E-state index is 0.119. The number of nitrogen functional groups attached to an aromatic ring is 1. The average molecular weight is 279 g/mol. The van der Waals surface area contributed by atoms with Gasteiger partial charge in [-0.1, -0.05) is 6.07 Å². The van der Waals surface area contributed by atoms with Gasteiger partial charge < -0.3 is 21.1 Å². The molecule has 110 valence electrons. The Hall–Kier alpha value is -2.08. The van der Waals surface area contributed by atoms with E-state index in [0.717, 1.165) is 5.56 Å². The van der Waals surface area contributed by atoms with Gasteiger partial charge in [0.1, 0.15) is 0 Å². The first kappa shape index (κ1) is 16.0. The van der Waals surface area contributed by atoms with Gasteiger partial charge in [0.2, 0.25) is 5.91 Å². The highest BCUT2D eigenvalue weighted by atomic mass is 16.5. The Balaban J connectivity index is 2.36. The lowest BCUT2D eigenvalue weighted by molar-refractivity contribution is -0.121. The van der Waals surface area contributed by atoms with Crippen molar-refractivity contribution in [1.82, 2.24) is 10.6 Å². The van der Waals surface area contributed by atoms with Gasteiger partial charge in [0, 0.05) is 37.9 Å². The van der Waals surface area contributed by atoms with E-state index in [9.17, 15) is 9.59 Å². The Kier molecular flexibility index (Phi) is 6.52. The zero-order valence-corrected chi connectivity index (χ0v) is 11.9. The summed E-state index contributed by atoms with van der Waals surface area (Å²) in [6.07, 6.45) is 0.233. The number of methoxy groups -OCH3 is 1. The molecular weight excluding hydrogens is 258 g/mol. The summed E-state index contributed by atoms with van der Waals surface area (Å²) in [7, 11) is 1.57. The van der Waals surface area contributed by atoms with Crippen molar-refractivity contribution < 1.29 is 14.3 Å². The van der Waals surface area contributed by atoms with Crippen LogP contribution in [0.4, 0.5) is 5.69 Å². The molecule has 1 rings (SSSR count). The van der Waals surface area contributed by atoms with Crippen molar-refractivity contribution in [2.45, 2.75) is 13.3 Å². The summed E-state index contributed by atoms with van der Waals surface area (Å²) in [6, 6.07) is 5.17. The van der Waals surface area contributed by atoms with Crippen molar-refractivity contribution in [3.05, 3.63) is 29.3 Å². The summed E-state index contributed by atoms with van der Waals surface area (Å²) in [5.41, 5.74) is 7.57. The number of carbonyl (C=O) groups excluding carboxylic acids is 2. The molecule has 4 N–H and O–H groups in total. The zero-order chi connectivity index (χ0) is 15.0. The molecule has 0 bridgehead atoms. The monoisotopic (exact) mass is 279 g/mol. The molecular formula is C14H21N3O3. The van der Waals surface area contributed by atoms with Gasteiger partial charge in [0.05, 0.1) is 6.61 Å². The van der Waals surface area contributed by atoms with Gasteiger partial charge in [-0.2, -0.15) is 0 Å². The van der Waals surface area contributed by atoms with Crippen molar-refractivity contribution in [2.75, 3.05) is 32.5 Å². The zero-order valence-electron chi connectivity index (χ0n) is 11.9. The fourth-order valence-electron chi connectivity index (χ4n) is 1.65. The molecule has 0 atom stereocenters. The number of carbonyl (C=O) groups is 2. The highest BCUT2D eigenvalue weighted by Gasteiger charge is 2.09. The van der Waals surface area contributed by atoms with Crippen molar-refractivity contribution in [3.8, 4) is 0 Å². The minimum atomic E-state index is -0.223. The maximum Gasteiger partial charge on any atom is 0.251 e. The highest BCUT2D eigenvalue weighted by molar-refractivity contribution is 5.96. The number of hydrogen-bond acceptors (Lipinski definition) is 4. The van der Waals surface area contributed by atoms with Gasteiger partial charge in [-0.3, -0.25) is 9.59 Å². The molecule has 0 saturated carbocycles. The Morgan fingerprint density at radius 1 is 1.25 bits per heavy atom. The van der Waals surface area contributed by atoms with Gasteiger partial charge >= 0.3 is 0 Å². The fraction of sp³-hybridized carbons (Fsp3) is 0.429. The van der Waals surface area contributed by atoms with E-state index < -0.39 is 0 Å². The van der Waals surface area contributed by atoms with E-state index in [4.69, 9.17) is 10.5 Å². The molecule has 0 aliphatic rings. The second kappa shape index (κ2) is 8.16. The van der Waals surface area contributed by atoms with E-state index in [0.29, 0.717) is 24.4 Å². The predicted molar refractivity (Wildman–Crippen MR) is 77.4 cm³/mol. The van der Waals surface area contributed by atoms with Crippen LogP contribution in [0.25, 0.3) is 0 Å². The summed E-state index contributed by atoms with van der Waals surface area (Å²) in [5, 5.41) is 5.38. The summed E-state index contributed by atoms with van der Waals surface area (Å²) in [6.45, 7) is 3.07. The first-order valence-electron chi connectivity index (χ1n) is 6.44. The van der Waals surface area contributed by atoms with Crippen LogP contribution in [0.15, 0.2) is 18.2 Å². The Morgan fingerprint density at radius 2 is 2.00 bits per heavy atom. The number of rotatable bonds is 7. The van der Waals surface area contributed by atoms with Crippen LogP contribution in [0, 0.1) is 6.92 Å². The van der Waals surface area contributed by atoms with Crippen LogP contribution in [0.2, 0.25) is 0 Å². The molecule has 1 aromatic carbocycles. The van der Waals surface area contributed by atoms with Gasteiger partial charge in [0.15, 0.2) is 0 Å². The van der Waals surface area contributed by atoms with Crippen molar-refractivity contribution in [1.29, 1.82) is 0 Å². The van der Waals surface area contributed by atoms with E-state index >= 15 is 0 Å². The molecule has 0 unspecified atom stereocenters. The average Bonchev–Trinajstić information content (AvgIpc) is 2.41. The van der Waals surface area contributed by atoms with Gasteiger partial charge in [0.25, 0.3) is 5.91 Å². The molecule has 1 aromatic rings. The van der Waals surface area contributed by atoms with Crippen LogP contribution in [0.5, 0.6) is 0 Å². The largest absolute Gasteiger partial charge is 0.399 e. The molecule has 0 aliphatic heterocycles. The lowest BCUT2D eigenvalue weighted by Gasteiger charge is -2.09. The number of amides is 2. The third-order valence-corrected chi connectivity index (χ3v) is 2.77. The Morgan fingerprint density at radius 3 is 2.70 bits per heavy atom. The molecule has 2 amide bonds. The number of nitrogens with two attached hydrogens (primary N) is 1. The van der Waals surface area contributed by atoms with Crippen LogP contribution in [0.3, 0.4) is 0 Å². The Labute approximate surface area is 118 Å². The second-order valence-electron chi connectivity index (χ2n) is 4.42. The minimum Gasteiger partial charge on any atom is -0.399 e. The number of anilines is 1. The first-order valence-corrected chi connectivity index (χ1v) is 6.44. The molecule has 0 spiro atoms. The van der Waals surface area contributed by atoms with Crippen LogP contribution < -0.4 is 16.4 Å². The van der Waals surface area contributed by atoms with E-state index in [1.54, 1.807) is 25.3 Å². The van der Waals surface area contributed by atoms with Crippen LogP contribution in [0.1, 0.15) is 22.3 Å². The number of ether oxygens (including phenoxy) is 1. The standard InChI is InChI=1S/C14H21N3O3/c1-10-3-4-11(15)9-12(10)14(19)17-6-5-13(18)16-7-8-20-2/h3-4,9H,5-8,15H2,1-2H3,(H,16,18)(H,17,19). The SMILES string of the molecule is COCCNC(=O)CCNC(=O)c1cc(N)ccc1C. The molecule has 0 radical (unpaired) electrons. The first-order chi connectivity index (χ1) is 9.54. The summed E-state index contributed by atoms with van der Waals surface area (Å²) in [4.78, 5) is 23.4. The molecule has 6 heteroatoms. The molecule has 0 saturated heterocycles. The molecule has 20 heavy (non-hydrogen) atoms. The highest BCUT2D eigenvalue weighted by Crippen LogP contribution is 2.12. The van der Waals surface area contributed by atoms with E-state index in [1.165, 1.54) is 0 Å². The van der Waals surface area contributed by atoms with E-state index in [-0.39, 0.29) is 24.8 Å². The fourth-order valence-corrected chi connectivity index (χ4v) is 1.65. The summed E-state index contributed by atoms with van der Waals surface area (Å²) < 4.78 is 4.82. The van der Waals surface area contributed by atoms with E-state index in [2.05, 4.69) is 10.6 Å². The van der Waals surface area contributed by atoms with Crippen LogP contribution in [-0.2, 0) is 9.53 Å². The summed E-state index contributed by atoms with van der Waals surface area (Å²) >= 11 is 0. The molecule has 0 aromatic heterocycles. The quantitative estimate of drug-likeness (QED) is 0.499. The third-order valence-electron chi connectivity index (χ3n) is 2.77. The molecule has 6 nitrogen and oxygen atoms in total. The van der Waals surface area contributed by atoms with Crippen LogP contribution >= 0.6 is 0 Å². The molecule has 0 aliphatic carbocycles. The van der Waals surface area contributed by atoms with Gasteiger partial charge in [-0.05, 0) is 24.6 Å². The smallest absolute Gasteiger partial charge is 0.251 e. The Bertz CT molecular complexity index is 475.